The van der Waals surface area contributed by atoms with E-state index in [-0.39, 0.29) is 29.6 Å². The lowest BCUT2D eigenvalue weighted by atomic mass is 9.84. The topological polar surface area (TPSA) is 92.8 Å². The number of thioether (sulfide) groups is 1. The number of hydrogen-bond donors (Lipinski definition) is 1. The third-order valence-corrected chi connectivity index (χ3v) is 9.94. The predicted molar refractivity (Wildman–Crippen MR) is 190 cm³/mol. The van der Waals surface area contributed by atoms with Gasteiger partial charge in [-0.1, -0.05) is 112 Å². The Labute approximate surface area is 284 Å². The minimum Gasteiger partial charge on any atom is -0.444 e. The number of benzene rings is 3. The number of ether oxygens (including phenoxy) is 1. The summed E-state index contributed by atoms with van der Waals surface area (Å²) in [6.07, 6.45) is 0.422. The maximum absolute atomic E-state index is 14.1. The van der Waals surface area contributed by atoms with E-state index < -0.39 is 34.4 Å². The standard InChI is InChI=1S/C39H50N2O5S/c1-8-32(34(42)10-3)40-36(44)28(26-35(43)33(9-2)41(7)37(45)46-38(4,5)6)27-47-39(29-20-14-11-15-21-29,30-22-16-12-17-23-30)31-24-18-13-19-25-31/h11-25,28,32-33H,8-10,26-27H2,1-7H3,(H,40,44)/t28-,32-,33-/m1/s1. The van der Waals surface area contributed by atoms with Gasteiger partial charge in [-0.15, -0.1) is 11.8 Å². The molecule has 252 valence electrons. The van der Waals surface area contributed by atoms with Crippen LogP contribution in [-0.2, 0) is 23.9 Å². The fraction of sp³-hybridized carbons (Fsp3) is 0.436. The fourth-order valence-corrected chi connectivity index (χ4v) is 7.35. The second-order valence-corrected chi connectivity index (χ2v) is 14.0. The number of rotatable bonds is 16. The number of nitrogens with zero attached hydrogens (tertiary/aromatic N) is 1. The number of carbonyl (C=O) groups is 4. The molecule has 0 bridgehead atoms. The monoisotopic (exact) mass is 658 g/mol. The number of amides is 2. The van der Waals surface area contributed by atoms with Crippen LogP contribution in [0.1, 0.15) is 83.9 Å². The van der Waals surface area contributed by atoms with E-state index in [0.29, 0.717) is 19.3 Å². The predicted octanol–water partition coefficient (Wildman–Crippen LogP) is 7.81. The van der Waals surface area contributed by atoms with E-state index in [1.54, 1.807) is 46.5 Å². The van der Waals surface area contributed by atoms with Crippen LogP contribution in [0, 0.1) is 5.92 Å². The van der Waals surface area contributed by atoms with E-state index in [1.165, 1.54) is 4.90 Å². The van der Waals surface area contributed by atoms with E-state index >= 15 is 0 Å². The van der Waals surface area contributed by atoms with Gasteiger partial charge in [0.25, 0.3) is 0 Å². The summed E-state index contributed by atoms with van der Waals surface area (Å²) in [6.45, 7) is 10.8. The SMILES string of the molecule is CCC(=O)[C@@H](CC)NC(=O)[C@@H](CSC(c1ccccc1)(c1ccccc1)c1ccccc1)CC(=O)[C@@H](CC)N(C)C(=O)OC(C)(C)C. The number of hydrogen-bond acceptors (Lipinski definition) is 6. The van der Waals surface area contributed by atoms with E-state index in [0.717, 1.165) is 16.7 Å². The molecule has 0 heterocycles. The lowest BCUT2D eigenvalue weighted by Crippen LogP contribution is -2.47. The summed E-state index contributed by atoms with van der Waals surface area (Å²) < 4.78 is 4.84. The summed E-state index contributed by atoms with van der Waals surface area (Å²) >= 11 is 1.59. The van der Waals surface area contributed by atoms with Crippen molar-refractivity contribution in [2.24, 2.45) is 5.92 Å². The minimum absolute atomic E-state index is 0.0538. The first kappa shape index (κ1) is 37.5. The molecule has 8 heteroatoms. The zero-order valence-corrected chi connectivity index (χ0v) is 29.6. The molecular weight excluding hydrogens is 609 g/mol. The first-order valence-electron chi connectivity index (χ1n) is 16.5. The largest absolute Gasteiger partial charge is 0.444 e. The van der Waals surface area contributed by atoms with Crippen LogP contribution in [0.5, 0.6) is 0 Å². The lowest BCUT2D eigenvalue weighted by molar-refractivity contribution is -0.133. The molecule has 0 aliphatic rings. The third-order valence-electron chi connectivity index (χ3n) is 8.23. The van der Waals surface area contributed by atoms with Gasteiger partial charge in [-0.05, 0) is 50.3 Å². The highest BCUT2D eigenvalue weighted by atomic mass is 32.2. The highest BCUT2D eigenvalue weighted by Gasteiger charge is 2.40. The molecule has 2 amide bonds. The Bertz CT molecular complexity index is 1360. The van der Waals surface area contributed by atoms with Crippen molar-refractivity contribution >= 4 is 35.3 Å². The van der Waals surface area contributed by atoms with Gasteiger partial charge in [0.15, 0.2) is 11.6 Å². The van der Waals surface area contributed by atoms with Gasteiger partial charge in [0.05, 0.1) is 22.7 Å². The van der Waals surface area contributed by atoms with Gasteiger partial charge in [0, 0.05) is 25.6 Å². The van der Waals surface area contributed by atoms with Crippen molar-refractivity contribution in [2.45, 2.75) is 89.7 Å². The van der Waals surface area contributed by atoms with E-state index in [4.69, 9.17) is 4.74 Å². The minimum atomic E-state index is -0.775. The second-order valence-electron chi connectivity index (χ2n) is 12.8. The van der Waals surface area contributed by atoms with Crippen LogP contribution in [-0.4, -0.2) is 59.0 Å². The van der Waals surface area contributed by atoms with Crippen molar-refractivity contribution < 1.29 is 23.9 Å². The summed E-state index contributed by atoms with van der Waals surface area (Å²) in [7, 11) is 1.56. The van der Waals surface area contributed by atoms with Crippen molar-refractivity contribution in [2.75, 3.05) is 12.8 Å². The number of nitrogens with one attached hydrogen (secondary N) is 1. The summed E-state index contributed by atoms with van der Waals surface area (Å²) in [6, 6.07) is 29.1. The normalized spacial score (nSPS) is 13.6. The van der Waals surface area contributed by atoms with E-state index in [9.17, 15) is 19.2 Å². The van der Waals surface area contributed by atoms with Crippen LogP contribution in [0.2, 0.25) is 0 Å². The molecule has 3 rings (SSSR count). The van der Waals surface area contributed by atoms with Crippen molar-refractivity contribution in [3.8, 4) is 0 Å². The molecule has 47 heavy (non-hydrogen) atoms. The molecule has 0 fully saturated rings. The Hall–Kier alpha value is -3.91. The summed E-state index contributed by atoms with van der Waals surface area (Å²) in [5.74, 6) is -1.14. The van der Waals surface area contributed by atoms with Crippen molar-refractivity contribution in [1.82, 2.24) is 10.2 Å². The Morgan fingerprint density at radius 1 is 0.745 bits per heavy atom. The summed E-state index contributed by atoms with van der Waals surface area (Å²) in [5.41, 5.74) is 2.40. The third kappa shape index (κ3) is 9.80. The molecule has 1 N–H and O–H groups in total. The van der Waals surface area contributed by atoms with Crippen LogP contribution in [0.15, 0.2) is 91.0 Å². The highest BCUT2D eigenvalue weighted by molar-refractivity contribution is 8.00. The van der Waals surface area contributed by atoms with Crippen LogP contribution in [0.25, 0.3) is 0 Å². The van der Waals surface area contributed by atoms with Crippen LogP contribution in [0.3, 0.4) is 0 Å². The molecular formula is C39H50N2O5S. The molecule has 0 saturated carbocycles. The summed E-state index contributed by atoms with van der Waals surface area (Å²) in [5, 5.41) is 2.96. The second kappa shape index (κ2) is 17.3. The number of Topliss-reactive ketones (excluding diaryl/α,β-unsaturated/α-hetero) is 2. The van der Waals surface area contributed by atoms with Crippen molar-refractivity contribution in [3.63, 3.8) is 0 Å². The van der Waals surface area contributed by atoms with Gasteiger partial charge in [-0.3, -0.25) is 14.4 Å². The first-order chi connectivity index (χ1) is 22.4. The van der Waals surface area contributed by atoms with E-state index in [2.05, 4.69) is 41.7 Å². The van der Waals surface area contributed by atoms with Crippen LogP contribution >= 0.6 is 11.8 Å². The Morgan fingerprint density at radius 3 is 1.60 bits per heavy atom. The quantitative estimate of drug-likeness (QED) is 0.158. The molecule has 0 aromatic heterocycles. The average Bonchev–Trinajstić information content (AvgIpc) is 3.07. The van der Waals surface area contributed by atoms with Crippen LogP contribution < -0.4 is 5.32 Å². The lowest BCUT2D eigenvalue weighted by Gasteiger charge is -2.37. The molecule has 0 spiro atoms. The molecule has 3 atom stereocenters. The van der Waals surface area contributed by atoms with E-state index in [1.807, 2.05) is 68.4 Å². The Balaban J connectivity index is 2.06. The Morgan fingerprint density at radius 2 is 1.21 bits per heavy atom. The Kier molecular flexibility index (Phi) is 13.8. The fourth-order valence-electron chi connectivity index (χ4n) is 5.73. The molecule has 0 aliphatic heterocycles. The molecule has 3 aromatic rings. The van der Waals surface area contributed by atoms with Crippen LogP contribution in [0.4, 0.5) is 4.79 Å². The molecule has 0 aliphatic carbocycles. The van der Waals surface area contributed by atoms with Gasteiger partial charge in [-0.25, -0.2) is 4.79 Å². The van der Waals surface area contributed by atoms with Gasteiger partial charge >= 0.3 is 6.09 Å². The smallest absolute Gasteiger partial charge is 0.410 e. The first-order valence-corrected chi connectivity index (χ1v) is 17.5. The maximum Gasteiger partial charge on any atom is 0.410 e. The van der Waals surface area contributed by atoms with Gasteiger partial charge < -0.3 is 15.0 Å². The zero-order chi connectivity index (χ0) is 34.6. The highest BCUT2D eigenvalue weighted by Crippen LogP contribution is 2.49. The molecule has 7 nitrogen and oxygen atoms in total. The van der Waals surface area contributed by atoms with Crippen molar-refractivity contribution in [3.05, 3.63) is 108 Å². The van der Waals surface area contributed by atoms with Gasteiger partial charge in [-0.2, -0.15) is 0 Å². The molecule has 0 saturated heterocycles. The number of likely N-dealkylation sites (N-methyl/N-ethyl adjacent to an activating group) is 1. The van der Waals surface area contributed by atoms with Crippen molar-refractivity contribution in [1.29, 1.82) is 0 Å². The molecule has 0 unspecified atom stereocenters. The molecule has 0 radical (unpaired) electrons. The number of carbonyl (C=O) groups excluding carboxylic acids is 4. The molecule has 3 aromatic carbocycles. The number of ketones is 2. The van der Waals surface area contributed by atoms with Gasteiger partial charge in [0.2, 0.25) is 5.91 Å². The average molecular weight is 659 g/mol. The zero-order valence-electron chi connectivity index (χ0n) is 28.8. The van der Waals surface area contributed by atoms with Gasteiger partial charge in [0.1, 0.15) is 5.60 Å². The maximum atomic E-state index is 14.1. The summed E-state index contributed by atoms with van der Waals surface area (Å²) in [4.78, 5) is 55.0.